The number of nitrogens with zero attached hydrogens (tertiary/aromatic N) is 1. The van der Waals surface area contributed by atoms with Crippen LogP contribution in [0.3, 0.4) is 0 Å². The van der Waals surface area contributed by atoms with Crippen LogP contribution >= 0.6 is 0 Å². The first-order valence-corrected chi connectivity index (χ1v) is 6.80. The quantitative estimate of drug-likeness (QED) is 0.846. The first-order valence-electron chi connectivity index (χ1n) is 6.80. The maximum atomic E-state index is 10.8. The summed E-state index contributed by atoms with van der Waals surface area (Å²) >= 11 is 0. The number of rotatable bonds is 3. The van der Waals surface area contributed by atoms with Gasteiger partial charge in [-0.05, 0) is 56.4 Å². The van der Waals surface area contributed by atoms with Gasteiger partial charge in [0, 0.05) is 24.4 Å². The van der Waals surface area contributed by atoms with Crippen LogP contribution in [0, 0.1) is 0 Å². The van der Waals surface area contributed by atoms with Gasteiger partial charge in [-0.25, -0.2) is 4.79 Å². The fraction of sp³-hybridized carbons (Fsp3) is 0.438. The molecule has 102 valence electrons. The molecule has 0 saturated heterocycles. The molecule has 0 amide bonds. The van der Waals surface area contributed by atoms with Crippen molar-refractivity contribution in [1.29, 1.82) is 0 Å². The highest BCUT2D eigenvalue weighted by atomic mass is 16.4. The molecule has 0 saturated carbocycles. The Morgan fingerprint density at radius 1 is 1.42 bits per heavy atom. The minimum Gasteiger partial charge on any atom is -0.478 e. The van der Waals surface area contributed by atoms with E-state index < -0.39 is 5.97 Å². The molecule has 0 fully saturated rings. The van der Waals surface area contributed by atoms with Crippen molar-refractivity contribution in [1.82, 2.24) is 0 Å². The highest BCUT2D eigenvalue weighted by Crippen LogP contribution is 2.31. The van der Waals surface area contributed by atoms with E-state index in [9.17, 15) is 4.79 Å². The van der Waals surface area contributed by atoms with Gasteiger partial charge >= 0.3 is 5.97 Å². The van der Waals surface area contributed by atoms with Gasteiger partial charge in [0.25, 0.3) is 0 Å². The van der Waals surface area contributed by atoms with Crippen molar-refractivity contribution in [2.45, 2.75) is 39.7 Å². The Labute approximate surface area is 114 Å². The lowest BCUT2D eigenvalue weighted by Crippen LogP contribution is -2.35. The van der Waals surface area contributed by atoms with Crippen LogP contribution in [0.2, 0.25) is 0 Å². The summed E-state index contributed by atoms with van der Waals surface area (Å²) < 4.78 is 0. The largest absolute Gasteiger partial charge is 0.478 e. The Hall–Kier alpha value is -1.77. The molecule has 3 heteroatoms. The average Bonchev–Trinajstić information content (AvgIpc) is 2.36. The first kappa shape index (κ1) is 13.7. The minimum atomic E-state index is -0.893. The van der Waals surface area contributed by atoms with Crippen LogP contribution < -0.4 is 4.90 Å². The summed E-state index contributed by atoms with van der Waals surface area (Å²) in [5, 5.41) is 8.84. The summed E-state index contributed by atoms with van der Waals surface area (Å²) in [5.41, 5.74) is 4.42. The Morgan fingerprint density at radius 2 is 2.16 bits per heavy atom. The van der Waals surface area contributed by atoms with Crippen molar-refractivity contribution in [3.8, 4) is 0 Å². The zero-order chi connectivity index (χ0) is 14.0. The van der Waals surface area contributed by atoms with E-state index in [1.807, 2.05) is 13.0 Å². The smallest absolute Gasteiger partial charge is 0.328 e. The van der Waals surface area contributed by atoms with Crippen molar-refractivity contribution in [2.75, 3.05) is 11.4 Å². The summed E-state index contributed by atoms with van der Waals surface area (Å²) in [6.07, 6.45) is 3.57. The number of allylic oxidation sites excluding steroid dienone is 1. The van der Waals surface area contributed by atoms with Crippen LogP contribution in [0.1, 0.15) is 38.3 Å². The molecule has 19 heavy (non-hydrogen) atoms. The number of hydrogen-bond acceptors (Lipinski definition) is 2. The molecular weight excluding hydrogens is 238 g/mol. The second-order valence-corrected chi connectivity index (χ2v) is 5.40. The Morgan fingerprint density at radius 3 is 2.79 bits per heavy atom. The molecule has 2 rings (SSSR count). The van der Waals surface area contributed by atoms with Gasteiger partial charge in [-0.2, -0.15) is 0 Å². The Bertz CT molecular complexity index is 517. The highest BCUT2D eigenvalue weighted by Gasteiger charge is 2.19. The molecule has 0 bridgehead atoms. The maximum Gasteiger partial charge on any atom is 0.328 e. The van der Waals surface area contributed by atoms with E-state index in [0.717, 1.165) is 24.1 Å². The van der Waals surface area contributed by atoms with Crippen molar-refractivity contribution in [2.24, 2.45) is 0 Å². The maximum absolute atomic E-state index is 10.8. The third kappa shape index (κ3) is 2.98. The SMILES string of the molecule is C/C(=C/C(=O)O)c1ccc2c(c1)N(C(C)C)CCC2. The van der Waals surface area contributed by atoms with Crippen LogP contribution in [0.15, 0.2) is 24.3 Å². The minimum absolute atomic E-state index is 0.470. The van der Waals surface area contributed by atoms with E-state index in [-0.39, 0.29) is 0 Å². The zero-order valence-electron chi connectivity index (χ0n) is 11.8. The normalized spacial score (nSPS) is 15.6. The lowest BCUT2D eigenvalue weighted by Gasteiger charge is -2.35. The van der Waals surface area contributed by atoms with E-state index in [4.69, 9.17) is 5.11 Å². The number of fused-ring (bicyclic) bond motifs is 1. The van der Waals surface area contributed by atoms with Crippen LogP contribution in [-0.2, 0) is 11.2 Å². The number of carboxylic acids is 1. The van der Waals surface area contributed by atoms with Crippen molar-refractivity contribution >= 4 is 17.2 Å². The van der Waals surface area contributed by atoms with Gasteiger partial charge in [0.15, 0.2) is 0 Å². The lowest BCUT2D eigenvalue weighted by atomic mass is 9.96. The van der Waals surface area contributed by atoms with Crippen molar-refractivity contribution < 1.29 is 9.90 Å². The molecule has 0 unspecified atom stereocenters. The molecule has 0 aromatic heterocycles. The molecule has 1 aromatic rings. The molecule has 0 aliphatic carbocycles. The molecule has 1 heterocycles. The molecule has 1 aromatic carbocycles. The second kappa shape index (κ2) is 5.47. The van der Waals surface area contributed by atoms with Crippen molar-refractivity contribution in [3.63, 3.8) is 0 Å². The lowest BCUT2D eigenvalue weighted by molar-refractivity contribution is -0.131. The van der Waals surface area contributed by atoms with Crippen LogP contribution in [0.5, 0.6) is 0 Å². The van der Waals surface area contributed by atoms with Crippen LogP contribution in [-0.4, -0.2) is 23.7 Å². The summed E-state index contributed by atoms with van der Waals surface area (Å²) in [4.78, 5) is 13.2. The monoisotopic (exact) mass is 259 g/mol. The number of anilines is 1. The van der Waals surface area contributed by atoms with Gasteiger partial charge in [0.1, 0.15) is 0 Å². The topological polar surface area (TPSA) is 40.5 Å². The highest BCUT2D eigenvalue weighted by molar-refractivity contribution is 5.90. The van der Waals surface area contributed by atoms with Gasteiger partial charge in [0.2, 0.25) is 0 Å². The summed E-state index contributed by atoms with van der Waals surface area (Å²) in [6.45, 7) is 7.32. The van der Waals surface area contributed by atoms with Gasteiger partial charge in [-0.1, -0.05) is 12.1 Å². The molecular formula is C16H21NO2. The molecule has 0 spiro atoms. The molecule has 0 radical (unpaired) electrons. The summed E-state index contributed by atoms with van der Waals surface area (Å²) in [5.74, 6) is -0.893. The van der Waals surface area contributed by atoms with E-state index in [2.05, 4.69) is 30.9 Å². The summed E-state index contributed by atoms with van der Waals surface area (Å²) in [6, 6.07) is 6.76. The van der Waals surface area contributed by atoms with E-state index in [1.165, 1.54) is 23.7 Å². The number of carbonyl (C=O) groups is 1. The molecule has 0 atom stereocenters. The Kier molecular flexibility index (Phi) is 3.93. The fourth-order valence-corrected chi connectivity index (χ4v) is 2.65. The first-order chi connectivity index (χ1) is 8.99. The molecule has 1 N–H and O–H groups in total. The van der Waals surface area contributed by atoms with Crippen molar-refractivity contribution in [3.05, 3.63) is 35.4 Å². The van der Waals surface area contributed by atoms with Crippen LogP contribution in [0.4, 0.5) is 5.69 Å². The number of hydrogen-bond donors (Lipinski definition) is 1. The number of carboxylic acid groups (broad SMARTS) is 1. The standard InChI is InChI=1S/C16H21NO2/c1-11(2)17-8-4-5-13-6-7-14(10-15(13)17)12(3)9-16(18)19/h6-7,9-11H,4-5,8H2,1-3H3,(H,18,19)/b12-9-. The van der Waals surface area contributed by atoms with Gasteiger partial charge in [-0.3, -0.25) is 0 Å². The second-order valence-electron chi connectivity index (χ2n) is 5.40. The molecule has 1 aliphatic heterocycles. The van der Waals surface area contributed by atoms with E-state index >= 15 is 0 Å². The molecule has 1 aliphatic rings. The number of benzene rings is 1. The predicted molar refractivity (Wildman–Crippen MR) is 78.5 cm³/mol. The third-order valence-electron chi connectivity index (χ3n) is 3.66. The zero-order valence-corrected chi connectivity index (χ0v) is 11.8. The van der Waals surface area contributed by atoms with Gasteiger partial charge < -0.3 is 10.0 Å². The number of aryl methyl sites for hydroxylation is 1. The van der Waals surface area contributed by atoms with Crippen LogP contribution in [0.25, 0.3) is 5.57 Å². The third-order valence-corrected chi connectivity index (χ3v) is 3.66. The Balaban J connectivity index is 2.41. The fourth-order valence-electron chi connectivity index (χ4n) is 2.65. The van der Waals surface area contributed by atoms with E-state index in [0.29, 0.717) is 6.04 Å². The summed E-state index contributed by atoms with van der Waals surface area (Å²) in [7, 11) is 0. The predicted octanol–water partition coefficient (Wildman–Crippen LogP) is 3.34. The van der Waals surface area contributed by atoms with E-state index in [1.54, 1.807) is 0 Å². The van der Waals surface area contributed by atoms with Gasteiger partial charge in [0.05, 0.1) is 0 Å². The molecule has 3 nitrogen and oxygen atoms in total. The average molecular weight is 259 g/mol. The van der Waals surface area contributed by atoms with Gasteiger partial charge in [-0.15, -0.1) is 0 Å². The number of aliphatic carboxylic acids is 1.